The molecule has 1 aliphatic carbocycles. The summed E-state index contributed by atoms with van der Waals surface area (Å²) in [5.74, 6) is -4.14. The van der Waals surface area contributed by atoms with Gasteiger partial charge in [-0.05, 0) is 133 Å². The SMILES string of the molecule is COc1ccc2c(c1)C(=O)N(C[C@@]1(c3cc4nc(-c5cnc(OC)nc5OC)ccc4o3)CC(=O)NC1=O)C2.COc1ccc2c(c1)C(=O)N(C[C@@]1(c3cc4nc(C5CC5)ccc4o3)CC(=O)NC1=O)C2.COc1ccc2c(c1F)C(=O)N(C[C@@]1(c3cc4nc(N5C(=O)CCC5C)ccc4o3)CC(=O)NC1=O)C2.COc1ccc2c(c1F)C(=O)N(C[C@@]1(c3cc4nc(N5C[C@H](O)CC5=O)ccc4o3)CC(=O)NC1=O)C2. The minimum atomic E-state index is -1.56. The van der Waals surface area contributed by atoms with Crippen LogP contribution in [0.25, 0.3) is 55.7 Å². The van der Waals surface area contributed by atoms with Gasteiger partial charge >= 0.3 is 6.01 Å². The number of aliphatic hydroxyl groups is 1. The summed E-state index contributed by atoms with van der Waals surface area (Å²) in [4.78, 5) is 215. The molecule has 10 aliphatic heterocycles. The molecule has 4 aromatic carbocycles. The molecule has 6 saturated heterocycles. The van der Waals surface area contributed by atoms with E-state index < -0.39 is 92.6 Å². The van der Waals surface area contributed by atoms with Crippen molar-refractivity contribution in [3.05, 3.63) is 225 Å². The number of aromatic nitrogens is 6. The third kappa shape index (κ3) is 16.3. The van der Waals surface area contributed by atoms with Crippen molar-refractivity contribution in [1.29, 1.82) is 0 Å². The number of aliphatic hydroxyl groups excluding tert-OH is 1. The number of fused-ring (bicyclic) bond motifs is 8. The quantitative estimate of drug-likeness (QED) is 0.0398. The van der Waals surface area contributed by atoms with Gasteiger partial charge in [0.05, 0.1) is 110 Å². The van der Waals surface area contributed by atoms with Gasteiger partial charge in [0, 0.05) is 118 Å². The monoisotopic (exact) mass is 1970 g/mol. The molecule has 41 nitrogen and oxygen atoms in total. The zero-order valence-corrected chi connectivity index (χ0v) is 78.6. The van der Waals surface area contributed by atoms with Gasteiger partial charge in [0.25, 0.3) is 23.6 Å². The maximum atomic E-state index is 14.9. The van der Waals surface area contributed by atoms with Gasteiger partial charge in [0.1, 0.15) is 89.9 Å². The number of carbonyl (C=O) groups excluding carboxylic acids is 14. The second-order valence-electron chi connectivity index (χ2n) is 37.3. The zero-order chi connectivity index (χ0) is 101. The van der Waals surface area contributed by atoms with Crippen molar-refractivity contribution >= 4 is 139 Å². The lowest BCUT2D eigenvalue weighted by atomic mass is 9.82. The first-order chi connectivity index (χ1) is 69.7. The Morgan fingerprint density at radius 2 is 0.821 bits per heavy atom. The molecule has 24 rings (SSSR count). The molecule has 5 N–H and O–H groups in total. The zero-order valence-electron chi connectivity index (χ0n) is 78.6. The molecule has 740 valence electrons. The van der Waals surface area contributed by atoms with Gasteiger partial charge in [-0.2, -0.15) is 4.98 Å². The summed E-state index contributed by atoms with van der Waals surface area (Å²) in [5.41, 5.74) is 3.17. The minimum Gasteiger partial charge on any atom is -0.497 e. The predicted molar refractivity (Wildman–Crippen MR) is 500 cm³/mol. The second kappa shape index (κ2) is 36.0. The number of nitrogens with zero attached hydrogens (tertiary/aromatic N) is 12. The highest BCUT2D eigenvalue weighted by Crippen LogP contribution is 2.48. The molecule has 43 heteroatoms. The van der Waals surface area contributed by atoms with Crippen molar-refractivity contribution in [1.82, 2.24) is 70.8 Å². The van der Waals surface area contributed by atoms with E-state index in [1.165, 1.54) is 74.6 Å². The van der Waals surface area contributed by atoms with Gasteiger partial charge in [-0.3, -0.25) is 98.2 Å². The molecule has 1 unspecified atom stereocenters. The van der Waals surface area contributed by atoms with Gasteiger partial charge < -0.3 is 70.8 Å². The largest absolute Gasteiger partial charge is 0.497 e. The van der Waals surface area contributed by atoms with Crippen LogP contribution < -0.4 is 59.5 Å². The smallest absolute Gasteiger partial charge is 0.319 e. The number of amides is 14. The Morgan fingerprint density at radius 1 is 0.414 bits per heavy atom. The number of halogens is 2. The molecular formula is C102H88F2N16O25. The lowest BCUT2D eigenvalue weighted by Crippen LogP contribution is -2.46. The highest BCUT2D eigenvalue weighted by atomic mass is 19.1. The summed E-state index contributed by atoms with van der Waals surface area (Å²) >= 11 is 0. The summed E-state index contributed by atoms with van der Waals surface area (Å²) in [6, 6.07) is 37.0. The summed E-state index contributed by atoms with van der Waals surface area (Å²) < 4.78 is 84.8. The number of hydrogen-bond donors (Lipinski definition) is 5. The van der Waals surface area contributed by atoms with E-state index in [1.807, 2.05) is 31.2 Å². The van der Waals surface area contributed by atoms with E-state index in [-0.39, 0.29) is 165 Å². The van der Waals surface area contributed by atoms with Crippen LogP contribution in [0.2, 0.25) is 0 Å². The molecule has 14 amide bonds. The Labute approximate surface area is 819 Å². The van der Waals surface area contributed by atoms with Crippen molar-refractivity contribution in [2.75, 3.05) is 85.2 Å². The fraction of sp³-hybridized carbons (Fsp3) is 0.314. The molecule has 1 saturated carbocycles. The number of nitrogens with one attached hydrogen (secondary N) is 4. The van der Waals surface area contributed by atoms with Crippen LogP contribution in [0.1, 0.15) is 163 Å². The van der Waals surface area contributed by atoms with Crippen molar-refractivity contribution in [3.8, 4) is 46.1 Å². The van der Waals surface area contributed by atoms with Crippen LogP contribution >= 0.6 is 0 Å². The average Bonchev–Trinajstić information content (AvgIpc) is 1.59. The van der Waals surface area contributed by atoms with Crippen molar-refractivity contribution < 1.29 is 127 Å². The molecule has 6 atom stereocenters. The number of ether oxygens (including phenoxy) is 6. The fourth-order valence-electron chi connectivity index (χ4n) is 20.6. The molecule has 0 spiro atoms. The van der Waals surface area contributed by atoms with E-state index >= 15 is 0 Å². The van der Waals surface area contributed by atoms with Crippen LogP contribution in [-0.4, -0.2) is 225 Å². The molecule has 145 heavy (non-hydrogen) atoms. The van der Waals surface area contributed by atoms with Crippen LogP contribution in [-0.2, 0) is 95.8 Å². The Hall–Kier alpha value is -17.3. The third-order valence-corrected chi connectivity index (χ3v) is 28.3. The van der Waals surface area contributed by atoms with Crippen LogP contribution in [0, 0.1) is 11.6 Å². The lowest BCUT2D eigenvalue weighted by Gasteiger charge is -2.28. The van der Waals surface area contributed by atoms with Crippen molar-refractivity contribution in [2.24, 2.45) is 0 Å². The number of anilines is 2. The van der Waals surface area contributed by atoms with E-state index in [4.69, 9.17) is 51.1 Å². The summed E-state index contributed by atoms with van der Waals surface area (Å²) in [6.07, 6.45) is 3.43. The number of rotatable bonds is 22. The molecular weight excluding hydrogens is 1890 g/mol. The first-order valence-electron chi connectivity index (χ1n) is 46.2. The van der Waals surface area contributed by atoms with Crippen molar-refractivity contribution in [2.45, 2.75) is 131 Å². The van der Waals surface area contributed by atoms with Gasteiger partial charge in [-0.1, -0.05) is 24.3 Å². The maximum absolute atomic E-state index is 14.9. The van der Waals surface area contributed by atoms with Gasteiger partial charge in [0.2, 0.25) is 65.0 Å². The molecule has 7 fully saturated rings. The van der Waals surface area contributed by atoms with Crippen LogP contribution in [0.5, 0.6) is 34.9 Å². The Morgan fingerprint density at radius 3 is 1.21 bits per heavy atom. The predicted octanol–water partition coefficient (Wildman–Crippen LogP) is 8.35. The number of benzene rings is 4. The highest BCUT2D eigenvalue weighted by Gasteiger charge is 2.59. The molecule has 9 aromatic heterocycles. The number of carbonyl (C=O) groups is 14. The Kier molecular flexibility index (Phi) is 23.4. The molecule has 0 bridgehead atoms. The van der Waals surface area contributed by atoms with Crippen LogP contribution in [0.3, 0.4) is 0 Å². The minimum absolute atomic E-state index is 0.000465. The van der Waals surface area contributed by atoms with E-state index in [1.54, 1.807) is 113 Å². The van der Waals surface area contributed by atoms with E-state index in [0.29, 0.717) is 132 Å². The van der Waals surface area contributed by atoms with E-state index in [9.17, 15) is 81.0 Å². The first-order valence-corrected chi connectivity index (χ1v) is 46.2. The summed E-state index contributed by atoms with van der Waals surface area (Å²) in [7, 11) is 8.62. The molecule has 0 radical (unpaired) electrons. The van der Waals surface area contributed by atoms with E-state index in [2.05, 4.69) is 46.2 Å². The van der Waals surface area contributed by atoms with Crippen LogP contribution in [0.15, 0.2) is 157 Å². The average molecular weight is 1980 g/mol. The maximum Gasteiger partial charge on any atom is 0.319 e. The summed E-state index contributed by atoms with van der Waals surface area (Å²) in [6.45, 7) is 2.37. The topological polar surface area (TPSA) is 512 Å². The van der Waals surface area contributed by atoms with E-state index in [0.717, 1.165) is 36.1 Å². The molecule has 19 heterocycles. The standard InChI is InChI=1S/C27H23N5O7.C26H23FN4O6.C25H21FN4O7.C24H21N3O5/c1-36-15-5-4-14-12-32(24(34)16(14)8-15)13-27(10-22(33)30-25(27)35)21-9-19-20(39-21)7-6-18(29-19)17-11-28-26(38-3)31-23(17)37-2;1-13-3-8-21(33)31(13)19-7-6-16-15(28-19)9-18(37-16)26(10-20(32)29-25(26)35)12-30-11-14-4-5-17(36-2)23(27)22(14)24(30)34;1-36-16-3-2-12-9-29(23(34)21(12)22(16)26)11-25(8-19(32)28-24(25)35)17-7-14-15(37-17)4-5-18(27-14)30-10-13(31)6-20(30)33;1-31-15-5-4-14-11-27(22(29)16(14)8-15)12-24(10-21(28)26-23(24)30)20-9-18-19(32-20)7-6-17(25-18)13-2-3-13/h4-9,11H,10,12-13H2,1-3H3,(H,30,33,35);4-7,9,13H,3,8,10-12H2,1-2H3,(H,29,32,35);2-5,7,13,31H,6,8-11H2,1H3,(H,28,32,35);4-9,13H,2-3,10-12H2,1H3,(H,26,28,30)/t27-;13?,26-;13-,25-;24-/m1111/s1. The van der Waals surface area contributed by atoms with Crippen LogP contribution in [0.4, 0.5) is 20.4 Å². The molecule has 13 aromatic rings. The lowest BCUT2D eigenvalue weighted by molar-refractivity contribution is -0.128. The fourth-order valence-corrected chi connectivity index (χ4v) is 20.6. The number of β-amino-alcohol motifs (C(OH)–C–C–N with tert-alkyl or cyclic N) is 1. The number of hydrogen-bond acceptors (Lipinski definition) is 31. The van der Waals surface area contributed by atoms with Crippen molar-refractivity contribution in [3.63, 3.8) is 0 Å². The Bertz CT molecular complexity index is 7800. The first kappa shape index (κ1) is 94.0. The molecule has 11 aliphatic rings. The second-order valence-corrected chi connectivity index (χ2v) is 37.3. The number of imide groups is 4. The van der Waals surface area contributed by atoms with Gasteiger partial charge in [-0.25, -0.2) is 33.7 Å². The Balaban J connectivity index is 0.000000114. The van der Waals surface area contributed by atoms with Gasteiger partial charge in [0.15, 0.2) is 45.5 Å². The normalized spacial score (nSPS) is 21.9. The third-order valence-electron chi connectivity index (χ3n) is 28.3. The highest BCUT2D eigenvalue weighted by molar-refractivity contribution is 6.14. The van der Waals surface area contributed by atoms with Gasteiger partial charge in [-0.15, -0.1) is 0 Å². The number of furan rings is 4. The number of methoxy groups -OCH3 is 6. The number of pyridine rings is 4. The summed E-state index contributed by atoms with van der Waals surface area (Å²) in [5, 5.41) is 19.2.